The van der Waals surface area contributed by atoms with Crippen LogP contribution in [0.25, 0.3) is 0 Å². The third-order valence-electron chi connectivity index (χ3n) is 5.28. The maximum Gasteiger partial charge on any atom is 0.255 e. The van der Waals surface area contributed by atoms with Crippen LogP contribution in [0.5, 0.6) is 11.5 Å². The van der Waals surface area contributed by atoms with E-state index in [2.05, 4.69) is 5.32 Å². The van der Waals surface area contributed by atoms with Gasteiger partial charge in [-0.1, -0.05) is 38.5 Å². The van der Waals surface area contributed by atoms with Crippen molar-refractivity contribution in [1.82, 2.24) is 4.90 Å². The average molecular weight is 366 g/mol. The fourth-order valence-corrected chi connectivity index (χ4v) is 3.62. The predicted molar refractivity (Wildman–Crippen MR) is 101 cm³/mol. The van der Waals surface area contributed by atoms with E-state index in [1.54, 1.807) is 23.1 Å². The molecule has 0 spiro atoms. The maximum atomic E-state index is 13.1. The van der Waals surface area contributed by atoms with Gasteiger partial charge in [0.05, 0.1) is 0 Å². The molecule has 2 atom stereocenters. The van der Waals surface area contributed by atoms with Gasteiger partial charge in [0.2, 0.25) is 12.7 Å². The minimum atomic E-state index is -0.541. The molecule has 0 saturated carbocycles. The molecule has 0 aliphatic carbocycles. The van der Waals surface area contributed by atoms with E-state index in [0.29, 0.717) is 29.3 Å². The van der Waals surface area contributed by atoms with Gasteiger partial charge in [0.15, 0.2) is 11.5 Å². The molecule has 0 aromatic heterocycles. The lowest BCUT2D eigenvalue weighted by Gasteiger charge is -2.31. The summed E-state index contributed by atoms with van der Waals surface area (Å²) in [6.07, 6.45) is 0.791. The van der Waals surface area contributed by atoms with E-state index >= 15 is 0 Å². The Labute approximate surface area is 158 Å². The molecule has 0 radical (unpaired) electrons. The smallest absolute Gasteiger partial charge is 0.255 e. The van der Waals surface area contributed by atoms with Gasteiger partial charge in [-0.2, -0.15) is 0 Å². The highest BCUT2D eigenvalue weighted by Gasteiger charge is 2.38. The number of nitrogens with zero attached hydrogens (tertiary/aromatic N) is 1. The van der Waals surface area contributed by atoms with Crippen molar-refractivity contribution < 1.29 is 19.1 Å². The Morgan fingerprint density at radius 3 is 2.74 bits per heavy atom. The quantitative estimate of drug-likeness (QED) is 0.880. The average Bonchev–Trinajstić information content (AvgIpc) is 3.26. The molecular weight excluding hydrogens is 344 g/mol. The third kappa shape index (κ3) is 3.12. The molecule has 2 aromatic rings. The van der Waals surface area contributed by atoms with Crippen LogP contribution in [0.1, 0.15) is 36.2 Å². The van der Waals surface area contributed by atoms with Crippen molar-refractivity contribution in [2.45, 2.75) is 32.9 Å². The van der Waals surface area contributed by atoms with E-state index in [-0.39, 0.29) is 24.5 Å². The van der Waals surface area contributed by atoms with Crippen molar-refractivity contribution in [2.24, 2.45) is 5.92 Å². The number of nitrogens with one attached hydrogen (secondary N) is 1. The highest BCUT2D eigenvalue weighted by Crippen LogP contribution is 2.35. The van der Waals surface area contributed by atoms with Crippen LogP contribution in [0, 0.1) is 5.92 Å². The number of ether oxygens (including phenoxy) is 2. The highest BCUT2D eigenvalue weighted by molar-refractivity contribution is 6.03. The first kappa shape index (κ1) is 17.4. The van der Waals surface area contributed by atoms with Gasteiger partial charge in [0, 0.05) is 23.9 Å². The number of hydrogen-bond acceptors (Lipinski definition) is 4. The lowest BCUT2D eigenvalue weighted by Crippen LogP contribution is -2.48. The normalized spacial score (nSPS) is 16.8. The van der Waals surface area contributed by atoms with E-state index in [1.807, 2.05) is 38.1 Å². The van der Waals surface area contributed by atoms with Gasteiger partial charge in [-0.25, -0.2) is 0 Å². The SMILES string of the molecule is CC[C@H](C)[C@@H](C(=O)Nc1ccc2c(c1)OCO2)N1Cc2ccccc2C1=O. The van der Waals surface area contributed by atoms with E-state index in [4.69, 9.17) is 9.47 Å². The monoisotopic (exact) mass is 366 g/mol. The Kier molecular flexibility index (Phi) is 4.48. The van der Waals surface area contributed by atoms with Crippen LogP contribution in [0.4, 0.5) is 5.69 Å². The van der Waals surface area contributed by atoms with E-state index in [1.165, 1.54) is 0 Å². The summed E-state index contributed by atoms with van der Waals surface area (Å²) in [4.78, 5) is 27.7. The van der Waals surface area contributed by atoms with Crippen LogP contribution >= 0.6 is 0 Å². The molecule has 2 amide bonds. The van der Waals surface area contributed by atoms with Gasteiger partial charge < -0.3 is 19.7 Å². The Morgan fingerprint density at radius 2 is 1.96 bits per heavy atom. The van der Waals surface area contributed by atoms with Crippen LogP contribution in [0.3, 0.4) is 0 Å². The Hall–Kier alpha value is -3.02. The number of fused-ring (bicyclic) bond motifs is 2. The van der Waals surface area contributed by atoms with Crippen molar-refractivity contribution >= 4 is 17.5 Å². The van der Waals surface area contributed by atoms with Crippen molar-refractivity contribution in [3.63, 3.8) is 0 Å². The van der Waals surface area contributed by atoms with Crippen molar-refractivity contribution in [3.8, 4) is 11.5 Å². The summed E-state index contributed by atoms with van der Waals surface area (Å²) in [5.41, 5.74) is 2.27. The van der Waals surface area contributed by atoms with Gasteiger partial charge in [-0.05, 0) is 29.7 Å². The minimum absolute atomic E-state index is 0.0253. The summed E-state index contributed by atoms with van der Waals surface area (Å²) in [6, 6.07) is 12.3. The summed E-state index contributed by atoms with van der Waals surface area (Å²) in [7, 11) is 0. The Morgan fingerprint density at radius 1 is 1.19 bits per heavy atom. The molecule has 4 rings (SSSR count). The fourth-order valence-electron chi connectivity index (χ4n) is 3.62. The zero-order chi connectivity index (χ0) is 19.0. The number of carbonyl (C=O) groups excluding carboxylic acids is 2. The molecule has 27 heavy (non-hydrogen) atoms. The standard InChI is InChI=1S/C21H22N2O4/c1-3-13(2)19(23-11-14-6-4-5-7-16(14)21(23)25)20(24)22-15-8-9-17-18(10-15)27-12-26-17/h4-10,13,19H,3,11-12H2,1-2H3,(H,22,24)/t13-,19-/m0/s1. The van der Waals surface area contributed by atoms with Crippen LogP contribution in [-0.2, 0) is 11.3 Å². The predicted octanol–water partition coefficient (Wildman–Crippen LogP) is 3.42. The topological polar surface area (TPSA) is 67.9 Å². The fraction of sp³-hybridized carbons (Fsp3) is 0.333. The largest absolute Gasteiger partial charge is 0.454 e. The zero-order valence-electron chi connectivity index (χ0n) is 15.4. The second kappa shape index (κ2) is 6.95. The number of rotatable bonds is 5. The summed E-state index contributed by atoms with van der Waals surface area (Å²) >= 11 is 0. The van der Waals surface area contributed by atoms with E-state index in [0.717, 1.165) is 12.0 Å². The van der Waals surface area contributed by atoms with Crippen molar-refractivity contribution in [3.05, 3.63) is 53.6 Å². The first-order chi connectivity index (χ1) is 13.1. The Balaban J connectivity index is 1.57. The molecule has 0 saturated heterocycles. The molecule has 2 aliphatic heterocycles. The van der Waals surface area contributed by atoms with Crippen molar-refractivity contribution in [1.29, 1.82) is 0 Å². The summed E-state index contributed by atoms with van der Waals surface area (Å²) in [6.45, 7) is 4.67. The van der Waals surface area contributed by atoms with Gasteiger partial charge in [0.1, 0.15) is 6.04 Å². The van der Waals surface area contributed by atoms with Crippen LogP contribution < -0.4 is 14.8 Å². The van der Waals surface area contributed by atoms with Crippen LogP contribution in [0.2, 0.25) is 0 Å². The molecule has 2 heterocycles. The van der Waals surface area contributed by atoms with Gasteiger partial charge in [-0.3, -0.25) is 9.59 Å². The maximum absolute atomic E-state index is 13.1. The highest BCUT2D eigenvalue weighted by atomic mass is 16.7. The molecule has 1 N–H and O–H groups in total. The summed E-state index contributed by atoms with van der Waals surface area (Å²) < 4.78 is 10.7. The van der Waals surface area contributed by atoms with Gasteiger partial charge in [-0.15, -0.1) is 0 Å². The van der Waals surface area contributed by atoms with Crippen LogP contribution in [0.15, 0.2) is 42.5 Å². The first-order valence-electron chi connectivity index (χ1n) is 9.18. The summed E-state index contributed by atoms with van der Waals surface area (Å²) in [5, 5.41) is 2.94. The Bertz CT molecular complexity index is 896. The zero-order valence-corrected chi connectivity index (χ0v) is 15.4. The molecule has 0 fully saturated rings. The molecule has 140 valence electrons. The molecule has 2 aromatic carbocycles. The van der Waals surface area contributed by atoms with E-state index in [9.17, 15) is 9.59 Å². The number of amides is 2. The summed E-state index contributed by atoms with van der Waals surface area (Å²) in [5.74, 6) is 1.02. The molecule has 6 nitrogen and oxygen atoms in total. The van der Waals surface area contributed by atoms with Crippen molar-refractivity contribution in [2.75, 3.05) is 12.1 Å². The number of carbonyl (C=O) groups is 2. The number of hydrogen-bond donors (Lipinski definition) is 1. The molecule has 0 bridgehead atoms. The van der Waals surface area contributed by atoms with E-state index < -0.39 is 6.04 Å². The van der Waals surface area contributed by atoms with Gasteiger partial charge >= 0.3 is 0 Å². The second-order valence-electron chi connectivity index (χ2n) is 6.98. The minimum Gasteiger partial charge on any atom is -0.454 e. The number of benzene rings is 2. The lowest BCUT2D eigenvalue weighted by molar-refractivity contribution is -0.122. The molecule has 6 heteroatoms. The number of anilines is 1. The second-order valence-corrected chi connectivity index (χ2v) is 6.98. The molecular formula is C21H22N2O4. The molecule has 2 aliphatic rings. The van der Waals surface area contributed by atoms with Crippen LogP contribution in [-0.4, -0.2) is 29.5 Å². The first-order valence-corrected chi connectivity index (χ1v) is 9.18. The molecule has 0 unspecified atom stereocenters. The third-order valence-corrected chi connectivity index (χ3v) is 5.28. The lowest BCUT2D eigenvalue weighted by atomic mass is 9.96. The van der Waals surface area contributed by atoms with Gasteiger partial charge in [0.25, 0.3) is 5.91 Å².